The number of carbonyl (C=O) groups is 1. The summed E-state index contributed by atoms with van der Waals surface area (Å²) in [7, 11) is 0. The van der Waals surface area contributed by atoms with E-state index in [1.54, 1.807) is 41.3 Å². The molecule has 154 valence electrons. The number of para-hydroxylation sites is 3. The third-order valence-electron chi connectivity index (χ3n) is 5.35. The van der Waals surface area contributed by atoms with E-state index in [0.29, 0.717) is 17.4 Å². The van der Waals surface area contributed by atoms with Gasteiger partial charge in [-0.1, -0.05) is 54.2 Å². The van der Waals surface area contributed by atoms with E-state index in [9.17, 15) is 14.0 Å². The molecule has 1 aliphatic heterocycles. The highest BCUT2D eigenvalue weighted by Gasteiger charge is 2.25. The smallest absolute Gasteiger partial charge is 0.266 e. The standard InChI is InChI=1S/C24H18FN3O2S/c25-18-9-3-6-12-21(18)28-23(30)17-8-2-4-10-19(17)26-24(28)31-15-22(29)27-14-13-16-7-1-5-11-20(16)27/h1-12H,13-15H2. The van der Waals surface area contributed by atoms with Crippen LogP contribution in [0.15, 0.2) is 82.7 Å². The van der Waals surface area contributed by atoms with Gasteiger partial charge in [0.2, 0.25) is 5.91 Å². The normalized spacial score (nSPS) is 12.9. The van der Waals surface area contributed by atoms with Crippen LogP contribution >= 0.6 is 11.8 Å². The number of amides is 1. The van der Waals surface area contributed by atoms with Crippen LogP contribution in [0.25, 0.3) is 16.6 Å². The lowest BCUT2D eigenvalue weighted by Crippen LogP contribution is -2.31. The number of benzene rings is 3. The Morgan fingerprint density at radius 2 is 1.68 bits per heavy atom. The van der Waals surface area contributed by atoms with Crippen LogP contribution in [0.3, 0.4) is 0 Å². The lowest BCUT2D eigenvalue weighted by Gasteiger charge is -2.18. The first kappa shape index (κ1) is 19.5. The van der Waals surface area contributed by atoms with Crippen molar-refractivity contribution in [3.05, 3.63) is 94.5 Å². The fourth-order valence-electron chi connectivity index (χ4n) is 3.86. The number of anilines is 1. The second-order valence-electron chi connectivity index (χ2n) is 7.22. The first-order chi connectivity index (χ1) is 15.1. The molecule has 3 aromatic carbocycles. The lowest BCUT2D eigenvalue weighted by atomic mass is 10.2. The monoisotopic (exact) mass is 431 g/mol. The van der Waals surface area contributed by atoms with Crippen molar-refractivity contribution in [2.45, 2.75) is 11.6 Å². The SMILES string of the molecule is O=C(CSc1nc2ccccc2c(=O)n1-c1ccccc1F)N1CCc2ccccc21. The van der Waals surface area contributed by atoms with Crippen LogP contribution < -0.4 is 10.5 Å². The van der Waals surface area contributed by atoms with E-state index in [2.05, 4.69) is 4.98 Å². The summed E-state index contributed by atoms with van der Waals surface area (Å²) in [6.45, 7) is 0.629. The third-order valence-corrected chi connectivity index (χ3v) is 6.27. The second kappa shape index (κ2) is 8.00. The zero-order valence-electron chi connectivity index (χ0n) is 16.5. The molecule has 0 atom stereocenters. The Balaban J connectivity index is 1.52. The zero-order valence-corrected chi connectivity index (χ0v) is 17.3. The Kier molecular flexibility index (Phi) is 5.03. The molecule has 5 nitrogen and oxygen atoms in total. The molecule has 0 fully saturated rings. The molecule has 4 aromatic rings. The molecule has 1 aliphatic rings. The number of fused-ring (bicyclic) bond motifs is 2. The van der Waals surface area contributed by atoms with E-state index >= 15 is 0 Å². The minimum absolute atomic E-state index is 0.0718. The van der Waals surface area contributed by atoms with Crippen molar-refractivity contribution in [1.82, 2.24) is 9.55 Å². The van der Waals surface area contributed by atoms with E-state index in [4.69, 9.17) is 0 Å². The van der Waals surface area contributed by atoms with Gasteiger partial charge in [0.1, 0.15) is 5.82 Å². The van der Waals surface area contributed by atoms with Crippen LogP contribution in [-0.4, -0.2) is 27.8 Å². The third kappa shape index (κ3) is 3.51. The number of rotatable bonds is 4. The molecule has 0 bridgehead atoms. The number of thioether (sulfide) groups is 1. The summed E-state index contributed by atoms with van der Waals surface area (Å²) in [4.78, 5) is 32.5. The Bertz CT molecular complexity index is 1370. The zero-order chi connectivity index (χ0) is 21.4. The van der Waals surface area contributed by atoms with Gasteiger partial charge in [0.15, 0.2) is 5.16 Å². The van der Waals surface area contributed by atoms with E-state index in [0.717, 1.165) is 29.4 Å². The van der Waals surface area contributed by atoms with Crippen LogP contribution in [0.2, 0.25) is 0 Å². The molecular weight excluding hydrogens is 413 g/mol. The predicted octanol–water partition coefficient (Wildman–Crippen LogP) is 4.21. The average Bonchev–Trinajstić information content (AvgIpc) is 3.23. The highest BCUT2D eigenvalue weighted by Crippen LogP contribution is 2.29. The number of aromatic nitrogens is 2. The summed E-state index contributed by atoms with van der Waals surface area (Å²) in [5.74, 6) is -0.506. The molecule has 0 aliphatic carbocycles. The van der Waals surface area contributed by atoms with Gasteiger partial charge in [-0.2, -0.15) is 0 Å². The van der Waals surface area contributed by atoms with Gasteiger partial charge >= 0.3 is 0 Å². The van der Waals surface area contributed by atoms with Crippen LogP contribution in [-0.2, 0) is 11.2 Å². The fraction of sp³-hybridized carbons (Fsp3) is 0.125. The summed E-state index contributed by atoms with van der Waals surface area (Å²) >= 11 is 1.14. The molecule has 0 spiro atoms. The second-order valence-corrected chi connectivity index (χ2v) is 8.16. The molecule has 0 unspecified atom stereocenters. The number of nitrogens with zero attached hydrogens (tertiary/aromatic N) is 3. The maximum absolute atomic E-state index is 14.6. The fourth-order valence-corrected chi connectivity index (χ4v) is 4.74. The summed E-state index contributed by atoms with van der Waals surface area (Å²) in [6, 6.07) is 20.9. The topological polar surface area (TPSA) is 55.2 Å². The van der Waals surface area contributed by atoms with Crippen LogP contribution in [0.5, 0.6) is 0 Å². The molecule has 31 heavy (non-hydrogen) atoms. The maximum Gasteiger partial charge on any atom is 0.266 e. The average molecular weight is 431 g/mol. The van der Waals surface area contributed by atoms with E-state index in [-0.39, 0.29) is 28.1 Å². The van der Waals surface area contributed by atoms with Crippen LogP contribution in [0.1, 0.15) is 5.56 Å². The highest BCUT2D eigenvalue weighted by molar-refractivity contribution is 7.99. The molecule has 7 heteroatoms. The van der Waals surface area contributed by atoms with Crippen molar-refractivity contribution < 1.29 is 9.18 Å². The number of hydrogen-bond acceptors (Lipinski definition) is 4. The van der Waals surface area contributed by atoms with Gasteiger partial charge in [0, 0.05) is 12.2 Å². The van der Waals surface area contributed by atoms with Gasteiger partial charge in [-0.3, -0.25) is 14.2 Å². The molecule has 1 amide bonds. The summed E-state index contributed by atoms with van der Waals surface area (Å²) in [6.07, 6.45) is 0.820. The van der Waals surface area contributed by atoms with Crippen molar-refractivity contribution in [3.8, 4) is 5.69 Å². The number of hydrogen-bond donors (Lipinski definition) is 0. The number of halogens is 1. The molecule has 0 saturated heterocycles. The predicted molar refractivity (Wildman–Crippen MR) is 121 cm³/mol. The molecule has 0 N–H and O–H groups in total. The van der Waals surface area contributed by atoms with Gasteiger partial charge in [-0.05, 0) is 42.3 Å². The molecular formula is C24H18FN3O2S. The molecule has 0 radical (unpaired) electrons. The van der Waals surface area contributed by atoms with Crippen molar-refractivity contribution in [2.24, 2.45) is 0 Å². The molecule has 5 rings (SSSR count). The first-order valence-electron chi connectivity index (χ1n) is 9.91. The summed E-state index contributed by atoms with van der Waals surface area (Å²) < 4.78 is 15.8. The van der Waals surface area contributed by atoms with Crippen molar-refractivity contribution in [2.75, 3.05) is 17.2 Å². The minimum atomic E-state index is -0.525. The highest BCUT2D eigenvalue weighted by atomic mass is 32.2. The van der Waals surface area contributed by atoms with Crippen molar-refractivity contribution >= 4 is 34.3 Å². The van der Waals surface area contributed by atoms with Gasteiger partial charge in [-0.15, -0.1) is 0 Å². The molecule has 0 saturated carbocycles. The Hall–Kier alpha value is -3.45. The van der Waals surface area contributed by atoms with Gasteiger partial charge in [-0.25, -0.2) is 9.37 Å². The van der Waals surface area contributed by atoms with E-state index in [1.807, 2.05) is 24.3 Å². The lowest BCUT2D eigenvalue weighted by molar-refractivity contribution is -0.116. The summed E-state index contributed by atoms with van der Waals surface area (Å²) in [5.41, 5.74) is 2.34. The quantitative estimate of drug-likeness (QED) is 0.359. The largest absolute Gasteiger partial charge is 0.311 e. The van der Waals surface area contributed by atoms with Crippen molar-refractivity contribution in [3.63, 3.8) is 0 Å². The van der Waals surface area contributed by atoms with Crippen molar-refractivity contribution in [1.29, 1.82) is 0 Å². The Labute approximate surface area is 182 Å². The Morgan fingerprint density at radius 1 is 0.968 bits per heavy atom. The van der Waals surface area contributed by atoms with Gasteiger partial charge in [0.05, 0.1) is 22.3 Å². The minimum Gasteiger partial charge on any atom is -0.311 e. The summed E-state index contributed by atoms with van der Waals surface area (Å²) in [5, 5.41) is 0.685. The van der Waals surface area contributed by atoms with Crippen LogP contribution in [0, 0.1) is 5.82 Å². The molecule has 1 aromatic heterocycles. The van der Waals surface area contributed by atoms with E-state index < -0.39 is 5.82 Å². The van der Waals surface area contributed by atoms with Crippen LogP contribution in [0.4, 0.5) is 10.1 Å². The van der Waals surface area contributed by atoms with E-state index in [1.165, 1.54) is 16.7 Å². The molecule has 2 heterocycles. The first-order valence-corrected chi connectivity index (χ1v) is 10.9. The Morgan fingerprint density at radius 3 is 2.52 bits per heavy atom. The number of carbonyl (C=O) groups excluding carboxylic acids is 1. The van der Waals surface area contributed by atoms with Gasteiger partial charge < -0.3 is 4.90 Å². The van der Waals surface area contributed by atoms with Gasteiger partial charge in [0.25, 0.3) is 5.56 Å². The maximum atomic E-state index is 14.6.